The van der Waals surface area contributed by atoms with Gasteiger partial charge in [0.25, 0.3) is 0 Å². The second kappa shape index (κ2) is 34.3. The minimum atomic E-state index is -5.39. The van der Waals surface area contributed by atoms with Crippen LogP contribution in [-0.4, -0.2) is 177 Å². The fraction of sp³-hybridized carbons (Fsp3) is 0.544. The van der Waals surface area contributed by atoms with Gasteiger partial charge in [-0.3, -0.25) is 57.3 Å². The number of thioether (sulfide) groups is 1. The normalized spacial score (nSPS) is 18.2. The lowest BCUT2D eigenvalue weighted by Crippen LogP contribution is -2.62. The number of amides is 13. The number of unbranched alkanes of at least 4 members (excludes halogenated alkanes) is 2. The van der Waals surface area contributed by atoms with E-state index in [0.717, 1.165) is 47.6 Å². The Labute approximate surface area is 523 Å². The highest BCUT2D eigenvalue weighted by molar-refractivity contribution is 8.00. The molecule has 2 aromatic carbocycles. The number of thiophene rings is 1. The lowest BCUT2D eigenvalue weighted by atomic mass is 10.0. The number of nitrogens with zero attached hydrogens (tertiary/aromatic N) is 1. The number of urea groups is 1. The van der Waals surface area contributed by atoms with Crippen LogP contribution in [0.5, 0.6) is 0 Å². The quantitative estimate of drug-likeness (QED) is 0.0193. The third kappa shape index (κ3) is 23.0. The summed E-state index contributed by atoms with van der Waals surface area (Å²) in [5.41, 5.74) is 11.9. The van der Waals surface area contributed by atoms with E-state index in [1.807, 2.05) is 23.9 Å². The molecule has 0 aliphatic carbocycles. The number of rotatable bonds is 36. The number of phosphoric ester groups is 1. The molecule has 12 atom stereocenters. The van der Waals surface area contributed by atoms with Crippen molar-refractivity contribution < 1.29 is 76.4 Å². The SMILES string of the molecule is CC(=O)N[C@@H](CCCCNC(=O)CCCC[C@@H]1SC[C@@H]2NC(=O)N[C@@H]21)C(=O)N[C@@H](C)C(=O)N[C@@H](C)C(=O)N[C@@H](Cc1ccccc1)C(=O)N[C@H](C(=O)N(C)[C@@H](C)C(=O)N[C@@H](Cc1csc2ccccc12)C(=O)N[C@@H](CCC(N)=O)C(N)=O)[C@@H](C)OP(=O)(O)O. The number of nitrogens with two attached hydrogens (primary N) is 2. The van der Waals surface area contributed by atoms with Gasteiger partial charge >= 0.3 is 13.9 Å². The standard InChI is InChI=1S/C57H82N13O16PS2/c1-30(62-53(78)39(63-34(5)71)19-14-15-25-60-46(73)22-13-12-21-44-48-42(29-89-44)67-57(82)69-48)50(75)61-31(2)51(76)65-40(26-35-16-8-7-9-17-35)55(80)68-47(33(4)86-87(83,84)85)56(81)70(6)32(3)52(77)66-41(27-36-28-88-43-20-11-10-18-37(36)43)54(79)64-38(49(59)74)23-24-45(58)72/h7-11,16-18,20,28,30-33,38-42,44,47-48H,12-15,19,21-27,29H2,1-6H3,(H2,58,72)(H2,59,74)(H,60,73)(H,61,75)(H,62,78)(H,63,71)(H,64,79)(H,65,76)(H,66,77)(H,68,80)(H2,67,69,82)(H2,83,84,85)/t30-,31-,32-,33+,38-,39-,40-,41-,42-,44-,47-,48-/m0/s1. The molecule has 488 valence electrons. The zero-order valence-corrected chi connectivity index (χ0v) is 52.9. The first kappa shape index (κ1) is 72.0. The van der Waals surface area contributed by atoms with E-state index in [9.17, 15) is 71.9 Å². The number of carbonyl (C=O) groups is 12. The van der Waals surface area contributed by atoms with E-state index in [4.69, 9.17) is 16.0 Å². The number of phosphoric acid groups is 1. The summed E-state index contributed by atoms with van der Waals surface area (Å²) in [6, 6.07) is 4.01. The monoisotopic (exact) mass is 1300 g/mol. The van der Waals surface area contributed by atoms with Crippen molar-refractivity contribution >= 4 is 112 Å². The van der Waals surface area contributed by atoms with E-state index in [2.05, 4.69) is 53.2 Å². The Bertz CT molecular complexity index is 3080. The molecule has 89 heavy (non-hydrogen) atoms. The first-order chi connectivity index (χ1) is 42.0. The summed E-state index contributed by atoms with van der Waals surface area (Å²) in [5.74, 6) is -8.03. The molecule has 2 aliphatic rings. The van der Waals surface area contributed by atoms with Crippen LogP contribution in [0.1, 0.15) is 104 Å². The van der Waals surface area contributed by atoms with Gasteiger partial charge in [0.1, 0.15) is 48.3 Å². The molecular formula is C57H82N13O16PS2. The molecular weight excluding hydrogens is 1220 g/mol. The Morgan fingerprint density at radius 1 is 0.697 bits per heavy atom. The van der Waals surface area contributed by atoms with Crippen LogP contribution in [0.25, 0.3) is 10.1 Å². The van der Waals surface area contributed by atoms with Crippen LogP contribution in [0.4, 0.5) is 4.79 Å². The summed E-state index contributed by atoms with van der Waals surface area (Å²) in [5, 5.41) is 29.2. The van der Waals surface area contributed by atoms with Crippen molar-refractivity contribution in [2.24, 2.45) is 11.5 Å². The van der Waals surface area contributed by atoms with E-state index in [-0.39, 0.29) is 56.1 Å². The summed E-state index contributed by atoms with van der Waals surface area (Å²) < 4.78 is 18.0. The van der Waals surface area contributed by atoms with Crippen molar-refractivity contribution in [2.75, 3.05) is 19.3 Å². The van der Waals surface area contributed by atoms with Crippen molar-refractivity contribution in [3.8, 4) is 0 Å². The van der Waals surface area contributed by atoms with Crippen molar-refractivity contribution in [1.82, 2.24) is 58.1 Å². The fourth-order valence-electron chi connectivity index (χ4n) is 9.97. The van der Waals surface area contributed by atoms with Crippen LogP contribution in [-0.2, 0) is 74.7 Å². The minimum absolute atomic E-state index is 0.0980. The van der Waals surface area contributed by atoms with Crippen LogP contribution >= 0.6 is 30.9 Å². The maximum Gasteiger partial charge on any atom is 0.469 e. The van der Waals surface area contributed by atoms with Gasteiger partial charge in [0.15, 0.2) is 0 Å². The Morgan fingerprint density at radius 3 is 1.97 bits per heavy atom. The van der Waals surface area contributed by atoms with Gasteiger partial charge < -0.3 is 79.3 Å². The third-order valence-corrected chi connectivity index (χ3v) is 18.2. The first-order valence-electron chi connectivity index (χ1n) is 29.1. The number of primary amides is 2. The second-order valence-corrected chi connectivity index (χ2v) is 25.5. The van der Waals surface area contributed by atoms with Gasteiger partial charge in [0, 0.05) is 61.9 Å². The number of hydrogen-bond donors (Lipinski definition) is 14. The van der Waals surface area contributed by atoms with Gasteiger partial charge in [-0.15, -0.1) is 11.3 Å². The number of nitrogens with one attached hydrogen (secondary N) is 10. The molecule has 2 saturated heterocycles. The van der Waals surface area contributed by atoms with Crippen molar-refractivity contribution in [2.45, 2.75) is 177 Å². The van der Waals surface area contributed by atoms with Crippen LogP contribution in [0, 0.1) is 0 Å². The van der Waals surface area contributed by atoms with Gasteiger partial charge in [-0.05, 0) is 94.2 Å². The smallest absolute Gasteiger partial charge is 0.370 e. The van der Waals surface area contributed by atoms with E-state index >= 15 is 0 Å². The van der Waals surface area contributed by atoms with Crippen molar-refractivity contribution in [3.63, 3.8) is 0 Å². The van der Waals surface area contributed by atoms with Gasteiger partial charge in [-0.2, -0.15) is 11.8 Å². The minimum Gasteiger partial charge on any atom is -0.370 e. The van der Waals surface area contributed by atoms with E-state index < -0.39 is 121 Å². The zero-order valence-electron chi connectivity index (χ0n) is 50.4. The van der Waals surface area contributed by atoms with Crippen molar-refractivity contribution in [3.05, 3.63) is 71.1 Å². The molecule has 0 saturated carbocycles. The van der Waals surface area contributed by atoms with E-state index in [0.29, 0.717) is 48.6 Å². The number of hydrogen-bond acceptors (Lipinski definition) is 16. The average molecular weight is 1300 g/mol. The molecule has 0 spiro atoms. The molecule has 32 heteroatoms. The molecule has 5 rings (SSSR count). The molecule has 2 aliphatic heterocycles. The second-order valence-electron chi connectivity index (χ2n) is 22.1. The largest absolute Gasteiger partial charge is 0.469 e. The maximum atomic E-state index is 14.5. The van der Waals surface area contributed by atoms with Gasteiger partial charge in [0.05, 0.1) is 18.2 Å². The maximum absolute atomic E-state index is 14.5. The summed E-state index contributed by atoms with van der Waals surface area (Å²) in [4.78, 5) is 179. The molecule has 2 fully saturated rings. The molecule has 16 N–H and O–H groups in total. The van der Waals surface area contributed by atoms with Crippen LogP contribution in [0.15, 0.2) is 60.0 Å². The number of likely N-dealkylation sites (N-methyl/N-ethyl adjacent to an activating group) is 1. The van der Waals surface area contributed by atoms with Crippen LogP contribution in [0.3, 0.4) is 0 Å². The number of carbonyl (C=O) groups excluding carboxylic acids is 12. The highest BCUT2D eigenvalue weighted by atomic mass is 32.2. The fourth-order valence-corrected chi connectivity index (χ4v) is 13.0. The molecule has 29 nitrogen and oxygen atoms in total. The highest BCUT2D eigenvalue weighted by Crippen LogP contribution is 2.38. The highest BCUT2D eigenvalue weighted by Gasteiger charge is 2.43. The molecule has 3 heterocycles. The lowest BCUT2D eigenvalue weighted by Gasteiger charge is -2.33. The molecule has 3 aromatic rings. The molecule has 0 radical (unpaired) electrons. The Hall–Kier alpha value is -7.70. The molecule has 0 unspecified atom stereocenters. The van der Waals surface area contributed by atoms with Gasteiger partial charge in [-0.1, -0.05) is 55.0 Å². The zero-order chi connectivity index (χ0) is 65.7. The summed E-state index contributed by atoms with van der Waals surface area (Å²) in [6.45, 7) is 6.51. The number of benzene rings is 2. The van der Waals surface area contributed by atoms with Gasteiger partial charge in [-0.25, -0.2) is 9.36 Å². The van der Waals surface area contributed by atoms with E-state index in [1.165, 1.54) is 39.0 Å². The van der Waals surface area contributed by atoms with Crippen molar-refractivity contribution in [1.29, 1.82) is 0 Å². The first-order valence-corrected chi connectivity index (χ1v) is 32.6. The molecule has 13 amide bonds. The summed E-state index contributed by atoms with van der Waals surface area (Å²) in [6.07, 6.45) is 1.02. The van der Waals surface area contributed by atoms with Crippen LogP contribution in [0.2, 0.25) is 0 Å². The van der Waals surface area contributed by atoms with Crippen LogP contribution < -0.4 is 64.6 Å². The Balaban J connectivity index is 1.20. The lowest BCUT2D eigenvalue weighted by molar-refractivity contribution is -0.144. The molecule has 1 aromatic heterocycles. The topological polar surface area (TPSA) is 447 Å². The summed E-state index contributed by atoms with van der Waals surface area (Å²) in [7, 11) is -4.26. The summed E-state index contributed by atoms with van der Waals surface area (Å²) >= 11 is 3.18. The van der Waals surface area contributed by atoms with Gasteiger partial charge in [0.2, 0.25) is 65.0 Å². The molecule has 0 bridgehead atoms. The predicted molar refractivity (Wildman–Crippen MR) is 329 cm³/mol. The Morgan fingerprint density at radius 2 is 1.30 bits per heavy atom. The average Bonchev–Trinajstić information content (AvgIpc) is 2.39. The van der Waals surface area contributed by atoms with E-state index in [1.54, 1.807) is 47.8 Å². The number of fused-ring (bicyclic) bond motifs is 2. The third-order valence-electron chi connectivity index (χ3n) is 15.0. The Kier molecular flexibility index (Phi) is 27.8. The predicted octanol–water partition coefficient (Wildman–Crippen LogP) is -0.752.